The predicted molar refractivity (Wildman–Crippen MR) is 249 cm³/mol. The second-order valence-corrected chi connectivity index (χ2v) is 19.4. The monoisotopic (exact) mass is 921 g/mol. The van der Waals surface area contributed by atoms with Crippen LogP contribution in [0.25, 0.3) is 0 Å². The van der Waals surface area contributed by atoms with E-state index in [1.807, 2.05) is 0 Å². The molecule has 0 bridgehead atoms. The Morgan fingerprint density at radius 1 is 0.476 bits per heavy atom. The van der Waals surface area contributed by atoms with Crippen LogP contribution in [0.3, 0.4) is 0 Å². The molecule has 1 aliphatic carbocycles. The SMILES string of the molecule is CCCCCCCCCCC/C=C/CCCCC(=O)OC[C@H](COP(=O)(O)OC1C(O)C(O)C(O)[C@@H](O)C1O)OC(=O)CCCCCCCCCCCCCCCCCCCCC. The lowest BCUT2D eigenvalue weighted by atomic mass is 9.85. The molecule has 63 heavy (non-hydrogen) atoms. The molecule has 13 nitrogen and oxygen atoms in total. The number of phosphoric ester groups is 1. The fourth-order valence-electron chi connectivity index (χ4n) is 7.99. The Morgan fingerprint density at radius 3 is 1.24 bits per heavy atom. The van der Waals surface area contributed by atoms with Gasteiger partial charge in [0.05, 0.1) is 6.61 Å². The van der Waals surface area contributed by atoms with E-state index in [0.717, 1.165) is 38.5 Å². The van der Waals surface area contributed by atoms with Gasteiger partial charge in [-0.05, 0) is 38.5 Å². The molecule has 0 aromatic rings. The highest BCUT2D eigenvalue weighted by atomic mass is 31.2. The van der Waals surface area contributed by atoms with Crippen LogP contribution in [-0.2, 0) is 32.7 Å². The van der Waals surface area contributed by atoms with Gasteiger partial charge in [-0.3, -0.25) is 18.6 Å². The maximum absolute atomic E-state index is 12.8. The summed E-state index contributed by atoms with van der Waals surface area (Å²) in [4.78, 5) is 35.8. The molecule has 0 spiro atoms. The molecule has 1 aliphatic rings. The van der Waals surface area contributed by atoms with Crippen LogP contribution < -0.4 is 0 Å². The molecule has 0 aliphatic heterocycles. The highest BCUT2D eigenvalue weighted by Crippen LogP contribution is 2.47. The molecule has 6 unspecified atom stereocenters. The van der Waals surface area contributed by atoms with E-state index in [0.29, 0.717) is 12.8 Å². The highest BCUT2D eigenvalue weighted by molar-refractivity contribution is 7.47. The molecule has 1 fully saturated rings. The number of allylic oxidation sites excluding steroid dienone is 2. The average molecular weight is 921 g/mol. The zero-order chi connectivity index (χ0) is 46.4. The fourth-order valence-corrected chi connectivity index (χ4v) is 8.96. The lowest BCUT2D eigenvalue weighted by Crippen LogP contribution is -2.64. The maximum atomic E-state index is 12.8. The van der Waals surface area contributed by atoms with Crippen molar-refractivity contribution >= 4 is 19.8 Å². The number of hydrogen-bond acceptors (Lipinski definition) is 12. The molecule has 0 heterocycles. The Morgan fingerprint density at radius 2 is 0.810 bits per heavy atom. The standard InChI is InChI=1S/C49H93O13P/c1-3-5-7-9-11-13-15-17-19-20-21-22-24-26-28-30-32-34-36-38-43(51)61-41(40-60-63(57,58)62-49-47(55)45(53)44(52)46(54)48(49)56)39-59-42(50)37-35-33-31-29-27-25-23-18-16-14-12-10-8-6-4-2/h27,29,41,44-49,52-56H,3-26,28,30-40H2,1-2H3,(H,57,58)/b29-27+/t41-,44?,45-,46?,47?,48?,49?/m1/s1. The van der Waals surface area contributed by atoms with Gasteiger partial charge in [0.1, 0.15) is 43.2 Å². The van der Waals surface area contributed by atoms with E-state index in [1.165, 1.54) is 154 Å². The summed E-state index contributed by atoms with van der Waals surface area (Å²) in [5.74, 6) is -1.11. The van der Waals surface area contributed by atoms with Gasteiger partial charge in [-0.25, -0.2) is 4.57 Å². The Labute approximate surface area is 382 Å². The third-order valence-electron chi connectivity index (χ3n) is 12.1. The van der Waals surface area contributed by atoms with Gasteiger partial charge in [0.15, 0.2) is 6.10 Å². The number of ether oxygens (including phenoxy) is 2. The average Bonchev–Trinajstić information content (AvgIpc) is 3.26. The number of carbonyl (C=O) groups excluding carboxylic acids is 2. The van der Waals surface area contributed by atoms with Gasteiger partial charge >= 0.3 is 19.8 Å². The van der Waals surface area contributed by atoms with Gasteiger partial charge in [0, 0.05) is 12.8 Å². The second-order valence-electron chi connectivity index (χ2n) is 18.0. The van der Waals surface area contributed by atoms with Crippen LogP contribution in [0.4, 0.5) is 0 Å². The minimum atomic E-state index is -5.12. The minimum Gasteiger partial charge on any atom is -0.462 e. The first-order valence-corrected chi connectivity index (χ1v) is 27.0. The number of phosphoric acid groups is 1. The van der Waals surface area contributed by atoms with Crippen LogP contribution in [0.2, 0.25) is 0 Å². The normalized spacial score (nSPS) is 21.7. The van der Waals surface area contributed by atoms with Crippen molar-refractivity contribution in [3.63, 3.8) is 0 Å². The summed E-state index contributed by atoms with van der Waals surface area (Å²) in [6, 6.07) is 0. The lowest BCUT2D eigenvalue weighted by Gasteiger charge is -2.41. The zero-order valence-electron chi connectivity index (χ0n) is 39.6. The Hall–Kier alpha value is -1.41. The first kappa shape index (κ1) is 59.6. The Kier molecular flexibility index (Phi) is 37.6. The molecule has 0 saturated heterocycles. The van der Waals surface area contributed by atoms with Gasteiger partial charge in [-0.1, -0.05) is 193 Å². The van der Waals surface area contributed by atoms with E-state index < -0.39 is 75.7 Å². The van der Waals surface area contributed by atoms with Gasteiger partial charge in [0.25, 0.3) is 0 Å². The van der Waals surface area contributed by atoms with E-state index in [2.05, 4.69) is 26.0 Å². The zero-order valence-corrected chi connectivity index (χ0v) is 40.5. The van der Waals surface area contributed by atoms with Crippen molar-refractivity contribution in [2.75, 3.05) is 13.2 Å². The molecule has 8 atom stereocenters. The molecule has 14 heteroatoms. The molecule has 6 N–H and O–H groups in total. The van der Waals surface area contributed by atoms with Crippen LogP contribution in [0.15, 0.2) is 12.2 Å². The molecule has 372 valence electrons. The van der Waals surface area contributed by atoms with Crippen molar-refractivity contribution in [1.82, 2.24) is 0 Å². The molecule has 0 aromatic carbocycles. The highest BCUT2D eigenvalue weighted by Gasteiger charge is 2.51. The van der Waals surface area contributed by atoms with E-state index in [9.17, 15) is 44.6 Å². The number of aliphatic hydroxyl groups is 5. The van der Waals surface area contributed by atoms with Crippen molar-refractivity contribution in [1.29, 1.82) is 0 Å². The number of rotatable bonds is 43. The third-order valence-corrected chi connectivity index (χ3v) is 13.1. The van der Waals surface area contributed by atoms with E-state index >= 15 is 0 Å². The lowest BCUT2D eigenvalue weighted by molar-refractivity contribution is -0.220. The summed E-state index contributed by atoms with van der Waals surface area (Å²) in [6.45, 7) is 3.32. The van der Waals surface area contributed by atoms with Gasteiger partial charge in [-0.2, -0.15) is 0 Å². The van der Waals surface area contributed by atoms with E-state index in [4.69, 9.17) is 18.5 Å². The van der Waals surface area contributed by atoms with Crippen molar-refractivity contribution in [3.8, 4) is 0 Å². The van der Waals surface area contributed by atoms with Crippen LogP contribution >= 0.6 is 7.82 Å². The van der Waals surface area contributed by atoms with Crippen molar-refractivity contribution in [3.05, 3.63) is 12.2 Å². The number of esters is 2. The first-order valence-electron chi connectivity index (χ1n) is 25.5. The fraction of sp³-hybridized carbons (Fsp3) is 0.918. The van der Waals surface area contributed by atoms with E-state index in [1.54, 1.807) is 0 Å². The van der Waals surface area contributed by atoms with Crippen molar-refractivity contribution < 1.29 is 63.1 Å². The number of unbranched alkanes of at least 4 members (excludes halogenated alkanes) is 29. The smallest absolute Gasteiger partial charge is 0.462 e. The molecule has 0 radical (unpaired) electrons. The molecule has 1 saturated carbocycles. The summed E-state index contributed by atoms with van der Waals surface area (Å²) < 4.78 is 33.6. The molecule has 1 rings (SSSR count). The minimum absolute atomic E-state index is 0.0990. The summed E-state index contributed by atoms with van der Waals surface area (Å²) in [6.07, 6.45) is 29.8. The molecular weight excluding hydrogens is 827 g/mol. The largest absolute Gasteiger partial charge is 0.472 e. The third kappa shape index (κ3) is 32.0. The summed E-state index contributed by atoms with van der Waals surface area (Å²) >= 11 is 0. The quantitative estimate of drug-likeness (QED) is 0.0146. The molecule has 0 aromatic heterocycles. The van der Waals surface area contributed by atoms with Crippen LogP contribution in [-0.4, -0.2) is 98.3 Å². The molecule has 0 amide bonds. The first-order chi connectivity index (χ1) is 30.4. The van der Waals surface area contributed by atoms with Crippen molar-refractivity contribution in [2.24, 2.45) is 0 Å². The number of hydrogen-bond donors (Lipinski definition) is 6. The van der Waals surface area contributed by atoms with Gasteiger partial charge in [0.2, 0.25) is 0 Å². The summed E-state index contributed by atoms with van der Waals surface area (Å²) in [5.41, 5.74) is 0. The van der Waals surface area contributed by atoms with Crippen LogP contribution in [0, 0.1) is 0 Å². The van der Waals surface area contributed by atoms with Gasteiger partial charge in [-0.15, -0.1) is 0 Å². The molecular formula is C49H93O13P. The Bertz CT molecular complexity index is 1160. The van der Waals surface area contributed by atoms with Gasteiger partial charge < -0.3 is 39.9 Å². The number of aliphatic hydroxyl groups excluding tert-OH is 5. The Balaban J connectivity index is 2.40. The number of carbonyl (C=O) groups is 2. The van der Waals surface area contributed by atoms with E-state index in [-0.39, 0.29) is 12.8 Å². The van der Waals surface area contributed by atoms with Crippen LogP contribution in [0.5, 0.6) is 0 Å². The van der Waals surface area contributed by atoms with Crippen LogP contribution in [0.1, 0.15) is 232 Å². The predicted octanol–water partition coefficient (Wildman–Crippen LogP) is 10.6. The summed E-state index contributed by atoms with van der Waals surface area (Å²) in [7, 11) is -5.12. The topological polar surface area (TPSA) is 210 Å². The summed E-state index contributed by atoms with van der Waals surface area (Å²) in [5, 5.41) is 50.2. The second kappa shape index (κ2) is 39.7. The van der Waals surface area contributed by atoms with Crippen molar-refractivity contribution in [2.45, 2.75) is 275 Å². The maximum Gasteiger partial charge on any atom is 0.472 e.